The molecule has 4 rings (SSSR count). The highest BCUT2D eigenvalue weighted by Crippen LogP contribution is 2.31. The number of nitrogens with zero attached hydrogens (tertiary/aromatic N) is 3. The van der Waals surface area contributed by atoms with E-state index in [0.717, 1.165) is 30.8 Å². The van der Waals surface area contributed by atoms with Gasteiger partial charge in [-0.25, -0.2) is 9.97 Å². The van der Waals surface area contributed by atoms with Crippen molar-refractivity contribution in [2.24, 2.45) is 0 Å². The van der Waals surface area contributed by atoms with E-state index in [1.54, 1.807) is 18.2 Å². The van der Waals surface area contributed by atoms with E-state index in [1.165, 1.54) is 18.0 Å². The molecule has 0 unspecified atom stereocenters. The minimum atomic E-state index is -2.89. The molecule has 0 aliphatic carbocycles. The summed E-state index contributed by atoms with van der Waals surface area (Å²) in [6.45, 7) is -0.461. The second-order valence-corrected chi connectivity index (χ2v) is 6.59. The van der Waals surface area contributed by atoms with Crippen molar-refractivity contribution < 1.29 is 13.5 Å². The van der Waals surface area contributed by atoms with Crippen molar-refractivity contribution in [2.45, 2.75) is 26.1 Å². The number of ether oxygens (including phenoxy) is 1. The molecule has 0 atom stereocenters. The van der Waals surface area contributed by atoms with Crippen LogP contribution in [0.4, 0.5) is 20.3 Å². The molecule has 1 aliphatic rings. The lowest BCUT2D eigenvalue weighted by Crippen LogP contribution is -2.31. The van der Waals surface area contributed by atoms with Crippen LogP contribution in [0.2, 0.25) is 0 Å². The van der Waals surface area contributed by atoms with Crippen LogP contribution in [0.5, 0.6) is 5.75 Å². The van der Waals surface area contributed by atoms with Crippen molar-refractivity contribution in [2.75, 3.05) is 11.9 Å². The zero-order valence-electron chi connectivity index (χ0n) is 15.2. The molecule has 2 aromatic carbocycles. The Bertz CT molecular complexity index is 937. The standard InChI is InChI=1S/C21H20F2N4O/c22-21(23)28-19-9-5-4-8-18(19)26-20-16-13-27(11-10-17(16)24-14-25-20)12-15-6-2-1-3-7-15/h1-9,14,21H,10-13H2,(H,24,25,26). The third-order valence-corrected chi connectivity index (χ3v) is 4.69. The van der Waals surface area contributed by atoms with Gasteiger partial charge in [0, 0.05) is 31.6 Å². The first kappa shape index (κ1) is 18.3. The van der Waals surface area contributed by atoms with Crippen molar-refractivity contribution in [3.8, 4) is 5.75 Å². The summed E-state index contributed by atoms with van der Waals surface area (Å²) in [5.41, 5.74) is 3.66. The number of hydrogen-bond donors (Lipinski definition) is 1. The van der Waals surface area contributed by atoms with Gasteiger partial charge in [-0.05, 0) is 17.7 Å². The molecule has 0 fully saturated rings. The Kier molecular flexibility index (Phi) is 5.43. The zero-order chi connectivity index (χ0) is 19.3. The maximum Gasteiger partial charge on any atom is 0.387 e. The van der Waals surface area contributed by atoms with Crippen LogP contribution in [0.25, 0.3) is 0 Å². The molecule has 3 aromatic rings. The molecule has 0 amide bonds. The van der Waals surface area contributed by atoms with Crippen LogP contribution in [0, 0.1) is 0 Å². The number of benzene rings is 2. The van der Waals surface area contributed by atoms with Crippen LogP contribution in [-0.4, -0.2) is 28.0 Å². The fourth-order valence-electron chi connectivity index (χ4n) is 3.38. The van der Waals surface area contributed by atoms with Crippen molar-refractivity contribution in [3.63, 3.8) is 0 Å². The van der Waals surface area contributed by atoms with E-state index < -0.39 is 6.61 Å². The molecule has 0 bridgehead atoms. The molecule has 1 aliphatic heterocycles. The van der Waals surface area contributed by atoms with Crippen molar-refractivity contribution in [1.29, 1.82) is 0 Å². The summed E-state index contributed by atoms with van der Waals surface area (Å²) in [7, 11) is 0. The Labute approximate surface area is 162 Å². The lowest BCUT2D eigenvalue weighted by Gasteiger charge is -2.29. The molecule has 1 aromatic heterocycles. The number of rotatable bonds is 6. The zero-order valence-corrected chi connectivity index (χ0v) is 15.2. The molecule has 0 saturated heterocycles. The number of aromatic nitrogens is 2. The van der Waals surface area contributed by atoms with Gasteiger partial charge in [-0.3, -0.25) is 4.90 Å². The fourth-order valence-corrected chi connectivity index (χ4v) is 3.38. The number of anilines is 2. The smallest absolute Gasteiger partial charge is 0.387 e. The molecule has 0 spiro atoms. The number of hydrogen-bond acceptors (Lipinski definition) is 5. The summed E-state index contributed by atoms with van der Waals surface area (Å²) in [5.74, 6) is 0.704. The molecular formula is C21H20F2N4O. The monoisotopic (exact) mass is 382 g/mol. The van der Waals surface area contributed by atoms with Gasteiger partial charge >= 0.3 is 6.61 Å². The number of para-hydroxylation sites is 2. The van der Waals surface area contributed by atoms with Gasteiger partial charge < -0.3 is 10.1 Å². The third kappa shape index (κ3) is 4.26. The first-order valence-corrected chi connectivity index (χ1v) is 9.09. The predicted octanol–water partition coefficient (Wildman–Crippen LogP) is 4.38. The third-order valence-electron chi connectivity index (χ3n) is 4.69. The Balaban J connectivity index is 1.56. The molecule has 5 nitrogen and oxygen atoms in total. The Morgan fingerprint density at radius 3 is 2.64 bits per heavy atom. The van der Waals surface area contributed by atoms with E-state index in [2.05, 4.69) is 37.1 Å². The molecule has 2 heterocycles. The Morgan fingerprint density at radius 1 is 1.04 bits per heavy atom. The normalized spacial score (nSPS) is 14.0. The minimum Gasteiger partial charge on any atom is -0.433 e. The van der Waals surface area contributed by atoms with Gasteiger partial charge in [-0.2, -0.15) is 8.78 Å². The van der Waals surface area contributed by atoms with Gasteiger partial charge in [0.15, 0.2) is 0 Å². The Hall–Kier alpha value is -3.06. The molecule has 0 saturated carbocycles. The summed E-state index contributed by atoms with van der Waals surface area (Å²) in [5, 5.41) is 3.15. The van der Waals surface area contributed by atoms with Crippen LogP contribution < -0.4 is 10.1 Å². The molecular weight excluding hydrogens is 362 g/mol. The molecule has 1 N–H and O–H groups in total. The Morgan fingerprint density at radius 2 is 1.82 bits per heavy atom. The highest BCUT2D eigenvalue weighted by atomic mass is 19.3. The van der Waals surface area contributed by atoms with E-state index >= 15 is 0 Å². The largest absolute Gasteiger partial charge is 0.433 e. The van der Waals surface area contributed by atoms with Crippen molar-refractivity contribution in [3.05, 3.63) is 77.7 Å². The van der Waals surface area contributed by atoms with Crippen molar-refractivity contribution >= 4 is 11.5 Å². The maximum atomic E-state index is 12.7. The lowest BCUT2D eigenvalue weighted by molar-refractivity contribution is -0.0493. The van der Waals surface area contributed by atoms with Crippen molar-refractivity contribution in [1.82, 2.24) is 14.9 Å². The van der Waals surface area contributed by atoms with Gasteiger partial charge in [0.2, 0.25) is 0 Å². The van der Waals surface area contributed by atoms with E-state index in [-0.39, 0.29) is 5.75 Å². The molecule has 7 heteroatoms. The van der Waals surface area contributed by atoms with E-state index in [9.17, 15) is 8.78 Å². The van der Waals surface area contributed by atoms with Gasteiger partial charge in [-0.1, -0.05) is 42.5 Å². The van der Waals surface area contributed by atoms with E-state index in [4.69, 9.17) is 0 Å². The van der Waals surface area contributed by atoms with Crippen LogP contribution in [0.3, 0.4) is 0 Å². The minimum absolute atomic E-state index is 0.0850. The topological polar surface area (TPSA) is 50.3 Å². The van der Waals surface area contributed by atoms with Crippen LogP contribution in [0.15, 0.2) is 60.9 Å². The van der Waals surface area contributed by atoms with Crippen LogP contribution >= 0.6 is 0 Å². The number of halogens is 2. The second kappa shape index (κ2) is 8.31. The van der Waals surface area contributed by atoms with Gasteiger partial charge in [-0.15, -0.1) is 0 Å². The summed E-state index contributed by atoms with van der Waals surface area (Å²) in [4.78, 5) is 11.1. The van der Waals surface area contributed by atoms with Gasteiger partial charge in [0.1, 0.15) is 17.9 Å². The van der Waals surface area contributed by atoms with Crippen LogP contribution in [-0.2, 0) is 19.5 Å². The maximum absolute atomic E-state index is 12.7. The van der Waals surface area contributed by atoms with Gasteiger partial charge in [0.25, 0.3) is 0 Å². The van der Waals surface area contributed by atoms with E-state index in [0.29, 0.717) is 18.1 Å². The first-order valence-electron chi connectivity index (χ1n) is 9.09. The summed E-state index contributed by atoms with van der Waals surface area (Å²) < 4.78 is 30.0. The molecule has 28 heavy (non-hydrogen) atoms. The summed E-state index contributed by atoms with van der Waals surface area (Å²) in [6.07, 6.45) is 2.32. The average molecular weight is 382 g/mol. The predicted molar refractivity (Wildman–Crippen MR) is 103 cm³/mol. The lowest BCUT2D eigenvalue weighted by atomic mass is 10.0. The summed E-state index contributed by atoms with van der Waals surface area (Å²) in [6, 6.07) is 16.9. The van der Waals surface area contributed by atoms with E-state index in [1.807, 2.05) is 18.2 Å². The fraction of sp³-hybridized carbons (Fsp3) is 0.238. The van der Waals surface area contributed by atoms with Gasteiger partial charge in [0.05, 0.1) is 11.4 Å². The highest BCUT2D eigenvalue weighted by molar-refractivity contribution is 5.66. The quantitative estimate of drug-likeness (QED) is 0.686. The second-order valence-electron chi connectivity index (χ2n) is 6.59. The molecule has 0 radical (unpaired) electrons. The molecule has 144 valence electrons. The number of fused-ring (bicyclic) bond motifs is 1. The number of nitrogens with one attached hydrogen (secondary N) is 1. The SMILES string of the molecule is FC(F)Oc1ccccc1Nc1ncnc2c1CN(Cc1ccccc1)CC2. The number of alkyl halides is 2. The summed E-state index contributed by atoms with van der Waals surface area (Å²) >= 11 is 0. The van der Waals surface area contributed by atoms with Crippen LogP contribution in [0.1, 0.15) is 16.8 Å². The average Bonchev–Trinajstić information content (AvgIpc) is 2.70. The first-order chi connectivity index (χ1) is 13.7. The highest BCUT2D eigenvalue weighted by Gasteiger charge is 2.22.